The highest BCUT2D eigenvalue weighted by Gasteiger charge is 2.36. The second kappa shape index (κ2) is 9.52. The summed E-state index contributed by atoms with van der Waals surface area (Å²) < 4.78 is 11.5. The highest BCUT2D eigenvalue weighted by Crippen LogP contribution is 2.37. The summed E-state index contributed by atoms with van der Waals surface area (Å²) in [6.45, 7) is 1.44. The number of benzene rings is 2. The maximum absolute atomic E-state index is 12.5. The zero-order chi connectivity index (χ0) is 22.7. The largest absolute Gasteiger partial charge is 0.493 e. The second-order valence-corrected chi connectivity index (χ2v) is 8.68. The fourth-order valence-electron chi connectivity index (χ4n) is 2.71. The normalized spacial score (nSPS) is 14.8. The first-order valence-corrected chi connectivity index (χ1v) is 10.8. The van der Waals surface area contributed by atoms with Crippen molar-refractivity contribution in [1.29, 1.82) is 0 Å². The highest BCUT2D eigenvalue weighted by atomic mass is 127. The maximum atomic E-state index is 12.5. The van der Waals surface area contributed by atoms with E-state index in [9.17, 15) is 19.2 Å². The Morgan fingerprint density at radius 3 is 2.48 bits per heavy atom. The van der Waals surface area contributed by atoms with Gasteiger partial charge in [0.1, 0.15) is 6.54 Å². The number of ether oxygens (including phenoxy) is 2. The molecule has 3 amide bonds. The van der Waals surface area contributed by atoms with Gasteiger partial charge in [-0.25, -0.2) is 4.79 Å². The molecule has 2 N–H and O–H groups in total. The number of methoxy groups -OCH3 is 1. The Hall–Kier alpha value is -2.86. The van der Waals surface area contributed by atoms with Crippen molar-refractivity contribution < 1.29 is 28.7 Å². The van der Waals surface area contributed by atoms with Gasteiger partial charge in [0.05, 0.1) is 21.1 Å². The number of hydrogen-bond donors (Lipinski definition) is 1. The number of hydrogen-bond acceptors (Lipinski definition) is 7. The lowest BCUT2D eigenvalue weighted by atomic mass is 10.1. The van der Waals surface area contributed by atoms with Crippen molar-refractivity contribution in [1.82, 2.24) is 4.90 Å². The monoisotopic (exact) mass is 552 g/mol. The van der Waals surface area contributed by atoms with E-state index in [1.54, 1.807) is 24.3 Å². The summed E-state index contributed by atoms with van der Waals surface area (Å²) >= 11 is 2.71. The Balaban J connectivity index is 1.87. The third-order valence-electron chi connectivity index (χ3n) is 4.22. The van der Waals surface area contributed by atoms with Gasteiger partial charge in [-0.15, -0.1) is 0 Å². The van der Waals surface area contributed by atoms with E-state index in [0.29, 0.717) is 26.5 Å². The molecule has 2 aromatic rings. The van der Waals surface area contributed by atoms with Crippen LogP contribution in [0.1, 0.15) is 21.5 Å². The van der Waals surface area contributed by atoms with E-state index in [4.69, 9.17) is 15.2 Å². The quantitative estimate of drug-likeness (QED) is 0.253. The summed E-state index contributed by atoms with van der Waals surface area (Å²) in [4.78, 5) is 48.9. The van der Waals surface area contributed by atoms with Gasteiger partial charge in [0, 0.05) is 0 Å². The van der Waals surface area contributed by atoms with Gasteiger partial charge in [-0.1, -0.05) is 17.7 Å². The molecule has 0 spiro atoms. The maximum Gasteiger partial charge on any atom is 0.343 e. The lowest BCUT2D eigenvalue weighted by molar-refractivity contribution is -0.127. The van der Waals surface area contributed by atoms with E-state index in [0.717, 1.165) is 10.5 Å². The molecule has 0 atom stereocenters. The average Bonchev–Trinajstić information content (AvgIpc) is 2.97. The van der Waals surface area contributed by atoms with Gasteiger partial charge in [-0.3, -0.25) is 19.3 Å². The summed E-state index contributed by atoms with van der Waals surface area (Å²) in [6.07, 6.45) is 1.50. The summed E-state index contributed by atoms with van der Waals surface area (Å²) in [5.74, 6) is -1.38. The minimum Gasteiger partial charge on any atom is -0.493 e. The fourth-order valence-corrected chi connectivity index (χ4v) is 4.28. The van der Waals surface area contributed by atoms with Crippen molar-refractivity contribution in [3.8, 4) is 11.5 Å². The van der Waals surface area contributed by atoms with Gasteiger partial charge in [0.2, 0.25) is 5.91 Å². The van der Waals surface area contributed by atoms with E-state index in [1.807, 2.05) is 41.6 Å². The summed E-state index contributed by atoms with van der Waals surface area (Å²) in [6, 6.07) is 10.2. The van der Waals surface area contributed by atoms with E-state index in [2.05, 4.69) is 0 Å². The van der Waals surface area contributed by atoms with Crippen molar-refractivity contribution in [2.75, 3.05) is 13.7 Å². The molecule has 0 radical (unpaired) electrons. The number of rotatable bonds is 6. The molecule has 0 aromatic heterocycles. The molecular weight excluding hydrogens is 535 g/mol. The number of primary amides is 1. The summed E-state index contributed by atoms with van der Waals surface area (Å²) in [5, 5.41) is -0.569. The van der Waals surface area contributed by atoms with Crippen molar-refractivity contribution in [2.24, 2.45) is 5.73 Å². The molecule has 3 rings (SSSR count). The van der Waals surface area contributed by atoms with Crippen molar-refractivity contribution in [2.45, 2.75) is 6.92 Å². The topological polar surface area (TPSA) is 116 Å². The Morgan fingerprint density at radius 1 is 1.19 bits per heavy atom. The molecule has 1 saturated heterocycles. The van der Waals surface area contributed by atoms with Crippen LogP contribution in [0.5, 0.6) is 11.5 Å². The molecule has 160 valence electrons. The number of carbonyl (C=O) groups is 4. The van der Waals surface area contributed by atoms with E-state index < -0.39 is 29.6 Å². The number of esters is 1. The van der Waals surface area contributed by atoms with Crippen LogP contribution < -0.4 is 15.2 Å². The number of halogens is 1. The van der Waals surface area contributed by atoms with E-state index in [1.165, 1.54) is 13.2 Å². The molecule has 0 unspecified atom stereocenters. The molecule has 10 heteroatoms. The van der Waals surface area contributed by atoms with Crippen molar-refractivity contribution in [3.05, 3.63) is 61.6 Å². The van der Waals surface area contributed by atoms with Gasteiger partial charge >= 0.3 is 5.97 Å². The van der Waals surface area contributed by atoms with Gasteiger partial charge in [-0.05, 0) is 77.2 Å². The molecule has 31 heavy (non-hydrogen) atoms. The third kappa shape index (κ3) is 5.25. The molecule has 1 aliphatic rings. The highest BCUT2D eigenvalue weighted by molar-refractivity contribution is 14.1. The lowest BCUT2D eigenvalue weighted by Gasteiger charge is -2.13. The number of thioether (sulfide) groups is 1. The molecule has 0 bridgehead atoms. The zero-order valence-corrected chi connectivity index (χ0v) is 19.5. The molecule has 1 fully saturated rings. The van der Waals surface area contributed by atoms with Gasteiger partial charge < -0.3 is 15.2 Å². The number of amides is 3. The zero-order valence-electron chi connectivity index (χ0n) is 16.5. The van der Waals surface area contributed by atoms with Crippen LogP contribution in [0.2, 0.25) is 0 Å². The lowest BCUT2D eigenvalue weighted by Crippen LogP contribution is -2.36. The van der Waals surface area contributed by atoms with E-state index in [-0.39, 0.29) is 16.4 Å². The first-order chi connectivity index (χ1) is 14.7. The Labute approximate surface area is 195 Å². The summed E-state index contributed by atoms with van der Waals surface area (Å²) in [7, 11) is 1.43. The van der Waals surface area contributed by atoms with E-state index >= 15 is 0 Å². The Kier molecular flexibility index (Phi) is 7.01. The SMILES string of the molecule is COc1cc(/C=C2\SC(=O)N(CC(N)=O)C2=O)cc(I)c1OC(=O)c1ccc(C)cc1. The average molecular weight is 552 g/mol. The van der Waals surface area contributed by atoms with Gasteiger partial charge in [0.25, 0.3) is 11.1 Å². The Morgan fingerprint density at radius 2 is 1.87 bits per heavy atom. The number of nitrogens with zero attached hydrogens (tertiary/aromatic N) is 1. The number of carbonyl (C=O) groups excluding carboxylic acids is 4. The standard InChI is InChI=1S/C21H17IN2O6S/c1-11-3-5-13(6-4-11)20(27)30-18-14(22)7-12(8-15(18)29-2)9-16-19(26)24(10-17(23)25)21(28)31-16/h3-9H,10H2,1-2H3,(H2,23,25)/b16-9-. The number of imide groups is 1. The smallest absolute Gasteiger partial charge is 0.343 e. The molecule has 8 nitrogen and oxygen atoms in total. The number of nitrogens with two attached hydrogens (primary N) is 1. The minimum absolute atomic E-state index is 0.147. The summed E-state index contributed by atoms with van der Waals surface area (Å²) in [5.41, 5.74) is 7.06. The third-order valence-corrected chi connectivity index (χ3v) is 5.93. The van der Waals surface area contributed by atoms with Crippen LogP contribution in [0.3, 0.4) is 0 Å². The van der Waals surface area contributed by atoms with Crippen molar-refractivity contribution in [3.63, 3.8) is 0 Å². The first kappa shape index (κ1) is 22.8. The van der Waals surface area contributed by atoms with Crippen LogP contribution in [0.15, 0.2) is 41.3 Å². The fraction of sp³-hybridized carbons (Fsp3) is 0.143. The molecule has 1 heterocycles. The van der Waals surface area contributed by atoms with Crippen LogP contribution >= 0.6 is 34.4 Å². The molecule has 0 saturated carbocycles. The number of aryl methyl sites for hydroxylation is 1. The van der Waals surface area contributed by atoms with Crippen LogP contribution in [0, 0.1) is 10.5 Å². The van der Waals surface area contributed by atoms with Gasteiger partial charge in [0.15, 0.2) is 11.5 Å². The molecule has 1 aliphatic heterocycles. The Bertz CT molecular complexity index is 1110. The molecular formula is C21H17IN2O6S. The first-order valence-electron chi connectivity index (χ1n) is 8.89. The van der Waals surface area contributed by atoms with Crippen LogP contribution in [0.4, 0.5) is 4.79 Å². The van der Waals surface area contributed by atoms with Crippen LogP contribution in [0.25, 0.3) is 6.08 Å². The predicted molar refractivity (Wildman–Crippen MR) is 124 cm³/mol. The van der Waals surface area contributed by atoms with Crippen molar-refractivity contribution >= 4 is 63.5 Å². The molecule has 2 aromatic carbocycles. The van der Waals surface area contributed by atoms with Crippen LogP contribution in [-0.4, -0.2) is 41.6 Å². The van der Waals surface area contributed by atoms with Crippen LogP contribution in [-0.2, 0) is 9.59 Å². The molecule has 0 aliphatic carbocycles. The minimum atomic E-state index is -0.778. The van der Waals surface area contributed by atoms with Gasteiger partial charge in [-0.2, -0.15) is 0 Å². The predicted octanol–water partition coefficient (Wildman–Crippen LogP) is 3.35. The second-order valence-electron chi connectivity index (χ2n) is 6.52.